The molecule has 0 bridgehead atoms. The Kier molecular flexibility index (Phi) is 6.17. The number of anilines is 1. The molecule has 2 aliphatic carbocycles. The van der Waals surface area contributed by atoms with Crippen molar-refractivity contribution >= 4 is 17.6 Å². The summed E-state index contributed by atoms with van der Waals surface area (Å²) < 4.78 is 2.64. The lowest BCUT2D eigenvalue weighted by molar-refractivity contribution is 0.355. The molecule has 2 atom stereocenters. The monoisotopic (exact) mass is 399 g/mol. The normalized spacial score (nSPS) is 28.9. The van der Waals surface area contributed by atoms with Crippen LogP contribution in [-0.4, -0.2) is 37.5 Å². The summed E-state index contributed by atoms with van der Waals surface area (Å²) in [6.07, 6.45) is 13.8. The van der Waals surface area contributed by atoms with E-state index < -0.39 is 0 Å². The Labute approximate surface area is 175 Å². The standard InChI is InChI=1S/C24H37N3S/c1-2-6-21(7-3-1)28-27-14-4-5-20-15-19(8-9-24(20)27)22-16-23(22)26-17-18-10-12-25-13-11-18/h8-9,15,18,21-23,25-26H,1-7,10-14,16-17H2. The summed E-state index contributed by atoms with van der Waals surface area (Å²) in [6.45, 7) is 4.87. The number of piperidine rings is 1. The third kappa shape index (κ3) is 4.55. The third-order valence-corrected chi connectivity index (χ3v) is 8.76. The fourth-order valence-corrected chi connectivity index (χ4v) is 6.90. The van der Waals surface area contributed by atoms with Crippen molar-refractivity contribution in [2.24, 2.45) is 5.92 Å². The molecule has 1 aromatic carbocycles. The Bertz CT molecular complexity index is 651. The highest BCUT2D eigenvalue weighted by Gasteiger charge is 2.38. The molecule has 2 unspecified atom stereocenters. The maximum absolute atomic E-state index is 3.88. The van der Waals surface area contributed by atoms with Gasteiger partial charge >= 0.3 is 0 Å². The first-order valence-corrected chi connectivity index (χ1v) is 12.7. The summed E-state index contributed by atoms with van der Waals surface area (Å²) in [5.74, 6) is 1.64. The fraction of sp³-hybridized carbons (Fsp3) is 0.750. The molecular weight excluding hydrogens is 362 g/mol. The average Bonchev–Trinajstić information content (AvgIpc) is 3.53. The van der Waals surface area contributed by atoms with Crippen LogP contribution >= 0.6 is 11.9 Å². The maximum Gasteiger partial charge on any atom is 0.0502 e. The Morgan fingerprint density at radius 1 is 1.04 bits per heavy atom. The van der Waals surface area contributed by atoms with E-state index in [2.05, 4.69) is 45.1 Å². The molecule has 0 radical (unpaired) electrons. The summed E-state index contributed by atoms with van der Waals surface area (Å²) in [4.78, 5) is 0. The van der Waals surface area contributed by atoms with E-state index in [1.165, 1.54) is 96.1 Å². The van der Waals surface area contributed by atoms with Crippen LogP contribution in [0.25, 0.3) is 0 Å². The summed E-state index contributed by atoms with van der Waals surface area (Å²) in [6, 6.07) is 8.17. The van der Waals surface area contributed by atoms with Gasteiger partial charge in [0.25, 0.3) is 0 Å². The van der Waals surface area contributed by atoms with Gasteiger partial charge in [-0.2, -0.15) is 0 Å². The number of rotatable bonds is 6. The topological polar surface area (TPSA) is 27.3 Å². The largest absolute Gasteiger partial charge is 0.317 e. The Hall–Kier alpha value is -0.710. The molecule has 1 aromatic rings. The molecule has 4 aliphatic rings. The van der Waals surface area contributed by atoms with E-state index in [1.807, 2.05) is 0 Å². The van der Waals surface area contributed by atoms with Gasteiger partial charge in [0.1, 0.15) is 0 Å². The van der Waals surface area contributed by atoms with E-state index in [1.54, 1.807) is 11.1 Å². The van der Waals surface area contributed by atoms with Crippen LogP contribution in [0.4, 0.5) is 5.69 Å². The van der Waals surface area contributed by atoms with E-state index in [4.69, 9.17) is 0 Å². The zero-order valence-corrected chi connectivity index (χ0v) is 18.1. The van der Waals surface area contributed by atoms with Crippen molar-refractivity contribution in [3.63, 3.8) is 0 Å². The minimum Gasteiger partial charge on any atom is -0.317 e. The van der Waals surface area contributed by atoms with E-state index in [-0.39, 0.29) is 0 Å². The van der Waals surface area contributed by atoms with Crippen LogP contribution in [0.1, 0.15) is 74.8 Å². The maximum atomic E-state index is 3.88. The van der Waals surface area contributed by atoms with Gasteiger partial charge in [-0.3, -0.25) is 0 Å². The number of nitrogens with one attached hydrogen (secondary N) is 2. The second-order valence-corrected chi connectivity index (χ2v) is 10.8. The van der Waals surface area contributed by atoms with Crippen molar-refractivity contribution in [1.82, 2.24) is 10.6 Å². The van der Waals surface area contributed by atoms with Gasteiger partial charge in [-0.1, -0.05) is 31.4 Å². The Balaban J connectivity index is 1.17. The van der Waals surface area contributed by atoms with Gasteiger partial charge in [-0.25, -0.2) is 0 Å². The summed E-state index contributed by atoms with van der Waals surface area (Å²) in [7, 11) is 0. The van der Waals surface area contributed by atoms with Crippen LogP contribution in [-0.2, 0) is 6.42 Å². The first-order valence-electron chi connectivity index (χ1n) is 11.9. The number of hydrogen-bond acceptors (Lipinski definition) is 4. The molecule has 3 nitrogen and oxygen atoms in total. The van der Waals surface area contributed by atoms with E-state index in [0.29, 0.717) is 0 Å². The lowest BCUT2D eigenvalue weighted by atomic mass is 9.97. The van der Waals surface area contributed by atoms with Crippen LogP contribution in [0.2, 0.25) is 0 Å². The molecule has 0 spiro atoms. The van der Waals surface area contributed by atoms with E-state index in [0.717, 1.165) is 23.1 Å². The molecule has 5 rings (SSSR count). The smallest absolute Gasteiger partial charge is 0.0502 e. The van der Waals surface area contributed by atoms with Crippen LogP contribution in [0, 0.1) is 5.92 Å². The number of fused-ring (bicyclic) bond motifs is 1. The van der Waals surface area contributed by atoms with Crippen molar-refractivity contribution in [3.8, 4) is 0 Å². The first-order chi connectivity index (χ1) is 13.9. The van der Waals surface area contributed by atoms with Crippen molar-refractivity contribution < 1.29 is 0 Å². The van der Waals surface area contributed by atoms with Crippen molar-refractivity contribution in [1.29, 1.82) is 0 Å². The summed E-state index contributed by atoms with van der Waals surface area (Å²) in [5.41, 5.74) is 4.72. The summed E-state index contributed by atoms with van der Waals surface area (Å²) >= 11 is 2.15. The quantitative estimate of drug-likeness (QED) is 0.668. The average molecular weight is 400 g/mol. The van der Waals surface area contributed by atoms with Crippen LogP contribution < -0.4 is 14.9 Å². The molecule has 0 aromatic heterocycles. The SMILES string of the molecule is c1cc2c(cc1C1CC1NCC1CCNCC1)CCCN2SC1CCCCC1. The molecule has 2 saturated carbocycles. The summed E-state index contributed by atoms with van der Waals surface area (Å²) in [5, 5.41) is 8.21. The predicted molar refractivity (Wildman–Crippen MR) is 121 cm³/mol. The highest BCUT2D eigenvalue weighted by atomic mass is 32.2. The third-order valence-electron chi connectivity index (χ3n) is 7.35. The Morgan fingerprint density at radius 2 is 1.89 bits per heavy atom. The first kappa shape index (κ1) is 19.3. The fourth-order valence-electron chi connectivity index (χ4n) is 5.47. The number of aryl methyl sites for hydroxylation is 1. The molecule has 2 heterocycles. The zero-order chi connectivity index (χ0) is 18.8. The predicted octanol–water partition coefficient (Wildman–Crippen LogP) is 4.87. The van der Waals surface area contributed by atoms with Gasteiger partial charge in [-0.15, -0.1) is 0 Å². The molecule has 2 aliphatic heterocycles. The molecule has 154 valence electrons. The number of hydrogen-bond donors (Lipinski definition) is 2. The molecule has 4 heteroatoms. The van der Waals surface area contributed by atoms with Crippen LogP contribution in [0.5, 0.6) is 0 Å². The van der Waals surface area contributed by atoms with Crippen molar-refractivity contribution in [2.45, 2.75) is 81.4 Å². The van der Waals surface area contributed by atoms with E-state index in [9.17, 15) is 0 Å². The van der Waals surface area contributed by atoms with Crippen LogP contribution in [0.15, 0.2) is 18.2 Å². The molecule has 1 saturated heterocycles. The van der Waals surface area contributed by atoms with Gasteiger partial charge in [0.15, 0.2) is 0 Å². The van der Waals surface area contributed by atoms with E-state index >= 15 is 0 Å². The lowest BCUT2D eigenvalue weighted by Gasteiger charge is -2.34. The minimum absolute atomic E-state index is 0.726. The molecule has 28 heavy (non-hydrogen) atoms. The minimum atomic E-state index is 0.726. The zero-order valence-electron chi connectivity index (χ0n) is 17.3. The molecular formula is C24H37N3S. The second kappa shape index (κ2) is 8.97. The highest BCUT2D eigenvalue weighted by Crippen LogP contribution is 2.44. The molecule has 0 amide bonds. The van der Waals surface area contributed by atoms with Crippen LogP contribution in [0.3, 0.4) is 0 Å². The molecule has 2 N–H and O–H groups in total. The van der Waals surface area contributed by atoms with Gasteiger partial charge in [-0.05, 0) is 99.6 Å². The highest BCUT2D eigenvalue weighted by molar-refractivity contribution is 8.01. The van der Waals surface area contributed by atoms with Crippen molar-refractivity contribution in [3.05, 3.63) is 29.3 Å². The second-order valence-electron chi connectivity index (χ2n) is 9.51. The van der Waals surface area contributed by atoms with Gasteiger partial charge in [0, 0.05) is 23.8 Å². The molecule has 3 fully saturated rings. The van der Waals surface area contributed by atoms with Crippen molar-refractivity contribution in [2.75, 3.05) is 30.5 Å². The lowest BCUT2D eigenvalue weighted by Crippen LogP contribution is -2.34. The van der Waals surface area contributed by atoms with Gasteiger partial charge in [0.2, 0.25) is 0 Å². The van der Waals surface area contributed by atoms with Gasteiger partial charge in [0.05, 0.1) is 5.69 Å². The Morgan fingerprint density at radius 3 is 2.75 bits per heavy atom. The van der Waals surface area contributed by atoms with Gasteiger partial charge < -0.3 is 14.9 Å². The number of nitrogens with zero attached hydrogens (tertiary/aromatic N) is 1. The number of benzene rings is 1.